The van der Waals surface area contributed by atoms with Gasteiger partial charge in [-0.1, -0.05) is 66.7 Å². The van der Waals surface area contributed by atoms with Gasteiger partial charge in [0.25, 0.3) is 0 Å². The summed E-state index contributed by atoms with van der Waals surface area (Å²) in [6, 6.07) is 25.1. The molecule has 2 heterocycles. The van der Waals surface area contributed by atoms with Crippen molar-refractivity contribution in [3.63, 3.8) is 0 Å². The number of benzene rings is 2. The van der Waals surface area contributed by atoms with Crippen molar-refractivity contribution in [3.8, 4) is 5.82 Å². The SMILES string of the molecule is CN=C(NCc1ccc(-n2ccnc2)nc1)NCC(c1ccccc1)c1ccccc1. The van der Waals surface area contributed by atoms with Crippen LogP contribution in [0.2, 0.25) is 0 Å². The summed E-state index contributed by atoms with van der Waals surface area (Å²) >= 11 is 0. The lowest BCUT2D eigenvalue weighted by Crippen LogP contribution is -2.39. The van der Waals surface area contributed by atoms with Gasteiger partial charge in [-0.15, -0.1) is 0 Å². The predicted octanol–water partition coefficient (Wildman–Crippen LogP) is 3.76. The molecule has 2 N–H and O–H groups in total. The summed E-state index contributed by atoms with van der Waals surface area (Å²) in [6.07, 6.45) is 7.22. The highest BCUT2D eigenvalue weighted by Crippen LogP contribution is 2.23. The number of nitrogens with zero attached hydrogens (tertiary/aromatic N) is 4. The first-order valence-electron chi connectivity index (χ1n) is 10.3. The van der Waals surface area contributed by atoms with Crippen molar-refractivity contribution in [2.24, 2.45) is 4.99 Å². The lowest BCUT2D eigenvalue weighted by molar-refractivity contribution is 0.727. The molecule has 6 nitrogen and oxygen atoms in total. The van der Waals surface area contributed by atoms with Gasteiger partial charge in [0.1, 0.15) is 12.1 Å². The minimum atomic E-state index is 0.233. The third-order valence-electron chi connectivity index (χ3n) is 5.14. The molecule has 2 aromatic carbocycles. The van der Waals surface area contributed by atoms with E-state index in [9.17, 15) is 0 Å². The Labute approximate surface area is 182 Å². The molecule has 2 aromatic heterocycles. The van der Waals surface area contributed by atoms with Crippen LogP contribution in [-0.2, 0) is 6.54 Å². The van der Waals surface area contributed by atoms with Crippen LogP contribution in [-0.4, -0.2) is 34.1 Å². The van der Waals surface area contributed by atoms with Gasteiger partial charge in [0.05, 0.1) is 0 Å². The molecule has 156 valence electrons. The third kappa shape index (κ3) is 5.36. The zero-order chi connectivity index (χ0) is 21.3. The van der Waals surface area contributed by atoms with Gasteiger partial charge in [-0.3, -0.25) is 9.56 Å². The van der Waals surface area contributed by atoms with Crippen molar-refractivity contribution in [2.75, 3.05) is 13.6 Å². The molecule has 31 heavy (non-hydrogen) atoms. The van der Waals surface area contributed by atoms with Crippen molar-refractivity contribution in [1.29, 1.82) is 0 Å². The van der Waals surface area contributed by atoms with Crippen molar-refractivity contribution >= 4 is 5.96 Å². The Morgan fingerprint density at radius 2 is 1.65 bits per heavy atom. The Bertz CT molecular complexity index is 1030. The molecule has 0 aliphatic rings. The normalized spacial score (nSPS) is 11.5. The molecule has 0 unspecified atom stereocenters. The monoisotopic (exact) mass is 410 g/mol. The van der Waals surface area contributed by atoms with E-state index < -0.39 is 0 Å². The molecule has 0 aliphatic carbocycles. The van der Waals surface area contributed by atoms with Crippen molar-refractivity contribution in [1.82, 2.24) is 25.2 Å². The van der Waals surface area contributed by atoms with E-state index >= 15 is 0 Å². The second-order valence-corrected chi connectivity index (χ2v) is 7.18. The molecule has 0 atom stereocenters. The highest BCUT2D eigenvalue weighted by Gasteiger charge is 2.14. The first kappa shape index (κ1) is 20.3. The molecule has 0 bridgehead atoms. The van der Waals surface area contributed by atoms with Crippen LogP contribution in [0.3, 0.4) is 0 Å². The number of rotatable bonds is 7. The number of hydrogen-bond donors (Lipinski definition) is 2. The Morgan fingerprint density at radius 3 is 2.19 bits per heavy atom. The summed E-state index contributed by atoms with van der Waals surface area (Å²) in [5.74, 6) is 1.84. The number of hydrogen-bond acceptors (Lipinski definition) is 3. The summed E-state index contributed by atoms with van der Waals surface area (Å²) in [4.78, 5) is 12.9. The van der Waals surface area contributed by atoms with E-state index in [1.807, 2.05) is 35.2 Å². The molecule has 0 amide bonds. The van der Waals surface area contributed by atoms with Gasteiger partial charge in [-0.2, -0.15) is 0 Å². The van der Waals surface area contributed by atoms with Crippen LogP contribution in [0.1, 0.15) is 22.6 Å². The van der Waals surface area contributed by atoms with Crippen LogP contribution in [0.5, 0.6) is 0 Å². The molecular formula is C25H26N6. The maximum absolute atomic E-state index is 4.50. The van der Waals surface area contributed by atoms with E-state index in [1.54, 1.807) is 19.6 Å². The minimum absolute atomic E-state index is 0.233. The molecular weight excluding hydrogens is 384 g/mol. The summed E-state index contributed by atoms with van der Waals surface area (Å²) in [5.41, 5.74) is 3.63. The number of pyridine rings is 1. The fraction of sp³-hybridized carbons (Fsp3) is 0.160. The summed E-state index contributed by atoms with van der Waals surface area (Å²) < 4.78 is 1.88. The number of aromatic nitrogens is 3. The molecule has 0 spiro atoms. The van der Waals surface area contributed by atoms with E-state index in [0.29, 0.717) is 6.54 Å². The molecule has 0 aliphatic heterocycles. The fourth-order valence-electron chi connectivity index (χ4n) is 3.47. The maximum atomic E-state index is 4.50. The molecule has 0 radical (unpaired) electrons. The second-order valence-electron chi connectivity index (χ2n) is 7.18. The average Bonchev–Trinajstić information content (AvgIpc) is 3.38. The predicted molar refractivity (Wildman–Crippen MR) is 124 cm³/mol. The quantitative estimate of drug-likeness (QED) is 0.360. The zero-order valence-electron chi connectivity index (χ0n) is 17.5. The fourth-order valence-corrected chi connectivity index (χ4v) is 3.47. The maximum Gasteiger partial charge on any atom is 0.191 e. The Balaban J connectivity index is 1.38. The van der Waals surface area contributed by atoms with Gasteiger partial charge in [0, 0.05) is 44.6 Å². The molecule has 0 fully saturated rings. The highest BCUT2D eigenvalue weighted by atomic mass is 15.2. The van der Waals surface area contributed by atoms with Gasteiger partial charge in [-0.05, 0) is 22.8 Å². The smallest absolute Gasteiger partial charge is 0.191 e. The van der Waals surface area contributed by atoms with Crippen molar-refractivity contribution in [3.05, 3.63) is 114 Å². The van der Waals surface area contributed by atoms with E-state index in [2.05, 4.69) is 80.2 Å². The Hall–Kier alpha value is -3.93. The van der Waals surface area contributed by atoms with Crippen LogP contribution < -0.4 is 10.6 Å². The van der Waals surface area contributed by atoms with E-state index in [4.69, 9.17) is 0 Å². The van der Waals surface area contributed by atoms with Gasteiger partial charge in [0.15, 0.2) is 5.96 Å². The molecule has 6 heteroatoms. The lowest BCUT2D eigenvalue weighted by Gasteiger charge is -2.20. The highest BCUT2D eigenvalue weighted by molar-refractivity contribution is 5.79. The van der Waals surface area contributed by atoms with Gasteiger partial charge >= 0.3 is 0 Å². The zero-order valence-corrected chi connectivity index (χ0v) is 17.5. The number of nitrogens with one attached hydrogen (secondary N) is 2. The van der Waals surface area contributed by atoms with Crippen LogP contribution in [0, 0.1) is 0 Å². The molecule has 0 saturated carbocycles. The van der Waals surface area contributed by atoms with Crippen LogP contribution >= 0.6 is 0 Å². The van der Waals surface area contributed by atoms with Gasteiger partial charge < -0.3 is 10.6 Å². The molecule has 4 rings (SSSR count). The number of imidazole rings is 1. The lowest BCUT2D eigenvalue weighted by atomic mass is 9.91. The van der Waals surface area contributed by atoms with E-state index in [1.165, 1.54) is 11.1 Å². The van der Waals surface area contributed by atoms with Gasteiger partial charge in [-0.25, -0.2) is 9.97 Å². The molecule has 0 saturated heterocycles. The second kappa shape index (κ2) is 10.2. The van der Waals surface area contributed by atoms with Crippen molar-refractivity contribution < 1.29 is 0 Å². The van der Waals surface area contributed by atoms with Crippen LogP contribution in [0.15, 0.2) is 103 Å². The topological polar surface area (TPSA) is 67.1 Å². The number of guanidine groups is 1. The first-order chi connectivity index (χ1) is 15.3. The van der Waals surface area contributed by atoms with Gasteiger partial charge in [0.2, 0.25) is 0 Å². The first-order valence-corrected chi connectivity index (χ1v) is 10.3. The summed E-state index contributed by atoms with van der Waals surface area (Å²) in [6.45, 7) is 1.38. The summed E-state index contributed by atoms with van der Waals surface area (Å²) in [5, 5.41) is 6.85. The largest absolute Gasteiger partial charge is 0.355 e. The minimum Gasteiger partial charge on any atom is -0.355 e. The summed E-state index contributed by atoms with van der Waals surface area (Å²) in [7, 11) is 1.79. The van der Waals surface area contributed by atoms with E-state index in [-0.39, 0.29) is 5.92 Å². The van der Waals surface area contributed by atoms with Crippen LogP contribution in [0.25, 0.3) is 5.82 Å². The number of aliphatic imine (C=N–C) groups is 1. The Kier molecular flexibility index (Phi) is 6.70. The Morgan fingerprint density at radius 1 is 0.935 bits per heavy atom. The molecule has 4 aromatic rings. The van der Waals surface area contributed by atoms with Crippen molar-refractivity contribution in [2.45, 2.75) is 12.5 Å². The third-order valence-corrected chi connectivity index (χ3v) is 5.14. The standard InChI is InChI=1S/C25H26N6/c1-26-25(29-17-20-12-13-24(28-16-20)31-15-14-27-19-31)30-18-23(21-8-4-2-5-9-21)22-10-6-3-7-11-22/h2-16,19,23H,17-18H2,1H3,(H2,26,29,30). The average molecular weight is 411 g/mol. The van der Waals surface area contributed by atoms with Crippen LogP contribution in [0.4, 0.5) is 0 Å². The van der Waals surface area contributed by atoms with E-state index in [0.717, 1.165) is 23.9 Å².